The van der Waals surface area contributed by atoms with Gasteiger partial charge in [-0.05, 0) is 49.2 Å². The number of aryl methyl sites for hydroxylation is 1. The second-order valence-corrected chi connectivity index (χ2v) is 7.31. The Morgan fingerprint density at radius 1 is 1.25 bits per heavy atom. The molecule has 8 heteroatoms. The topological polar surface area (TPSA) is 80.3 Å². The van der Waals surface area contributed by atoms with Crippen LogP contribution in [0.25, 0.3) is 0 Å². The summed E-state index contributed by atoms with van der Waals surface area (Å²) in [6, 6.07) is 7.93. The Labute approximate surface area is 147 Å². The maximum Gasteiger partial charge on any atom is 0.263 e. The first-order valence-electron chi connectivity index (χ1n) is 7.40. The van der Waals surface area contributed by atoms with Gasteiger partial charge in [0, 0.05) is 25.3 Å². The minimum Gasteiger partial charge on any atom is -0.385 e. The van der Waals surface area contributed by atoms with E-state index >= 15 is 0 Å². The summed E-state index contributed by atoms with van der Waals surface area (Å²) in [7, 11) is -2.04. The number of aromatic nitrogens is 1. The van der Waals surface area contributed by atoms with Crippen LogP contribution in [0.15, 0.2) is 41.4 Å². The number of pyridine rings is 1. The van der Waals surface area contributed by atoms with Gasteiger partial charge in [0.2, 0.25) is 0 Å². The van der Waals surface area contributed by atoms with E-state index < -0.39 is 10.0 Å². The van der Waals surface area contributed by atoms with Gasteiger partial charge < -0.3 is 10.1 Å². The van der Waals surface area contributed by atoms with Crippen LogP contribution < -0.4 is 10.0 Å². The fraction of sp³-hybridized carbons (Fsp3) is 0.312. The van der Waals surface area contributed by atoms with Gasteiger partial charge in [0.05, 0.1) is 16.8 Å². The molecule has 0 aliphatic rings. The molecule has 0 aliphatic heterocycles. The molecule has 0 fully saturated rings. The van der Waals surface area contributed by atoms with Crippen molar-refractivity contribution in [3.8, 4) is 0 Å². The molecule has 0 aliphatic carbocycles. The lowest BCUT2D eigenvalue weighted by Crippen LogP contribution is -2.14. The Morgan fingerprint density at radius 2 is 2.04 bits per heavy atom. The van der Waals surface area contributed by atoms with Gasteiger partial charge in [-0.15, -0.1) is 0 Å². The summed E-state index contributed by atoms with van der Waals surface area (Å²) in [4.78, 5) is 4.26. The lowest BCUT2D eigenvalue weighted by atomic mass is 10.2. The number of methoxy groups -OCH3 is 1. The van der Waals surface area contributed by atoms with E-state index in [-0.39, 0.29) is 10.7 Å². The zero-order valence-electron chi connectivity index (χ0n) is 13.5. The summed E-state index contributed by atoms with van der Waals surface area (Å²) in [6.07, 6.45) is 2.46. The molecule has 1 aromatic heterocycles. The van der Waals surface area contributed by atoms with Crippen LogP contribution in [0.1, 0.15) is 12.0 Å². The molecule has 2 aromatic rings. The van der Waals surface area contributed by atoms with Crippen LogP contribution in [0, 0.1) is 6.92 Å². The first-order chi connectivity index (χ1) is 11.4. The van der Waals surface area contributed by atoms with Crippen molar-refractivity contribution in [3.63, 3.8) is 0 Å². The van der Waals surface area contributed by atoms with E-state index in [0.717, 1.165) is 18.7 Å². The molecule has 0 saturated carbocycles. The van der Waals surface area contributed by atoms with E-state index in [2.05, 4.69) is 15.0 Å². The van der Waals surface area contributed by atoms with E-state index in [1.54, 1.807) is 38.4 Å². The van der Waals surface area contributed by atoms with Crippen molar-refractivity contribution < 1.29 is 13.2 Å². The largest absolute Gasteiger partial charge is 0.385 e. The van der Waals surface area contributed by atoms with Crippen LogP contribution in [-0.4, -0.2) is 33.7 Å². The summed E-state index contributed by atoms with van der Waals surface area (Å²) >= 11 is 5.93. The second kappa shape index (κ2) is 8.32. The first kappa shape index (κ1) is 18.5. The smallest absolute Gasteiger partial charge is 0.263 e. The third-order valence-electron chi connectivity index (χ3n) is 3.30. The molecule has 1 heterocycles. The predicted molar refractivity (Wildman–Crippen MR) is 96.2 cm³/mol. The summed E-state index contributed by atoms with van der Waals surface area (Å²) in [5.74, 6) is 0.255. The van der Waals surface area contributed by atoms with E-state index in [9.17, 15) is 8.42 Å². The van der Waals surface area contributed by atoms with Crippen molar-refractivity contribution in [2.45, 2.75) is 18.2 Å². The highest BCUT2D eigenvalue weighted by atomic mass is 35.5. The number of nitrogens with zero attached hydrogens (tertiary/aromatic N) is 1. The third-order valence-corrected chi connectivity index (χ3v) is 5.07. The van der Waals surface area contributed by atoms with Gasteiger partial charge in [-0.3, -0.25) is 4.72 Å². The molecule has 2 N–H and O–H groups in total. The SMILES string of the molecule is COCCCNc1ccc(NS(=O)(=O)c2ccc(Cl)c(C)c2)nc1. The van der Waals surface area contributed by atoms with E-state index in [1.807, 2.05) is 0 Å². The quantitative estimate of drug-likeness (QED) is 0.698. The number of hydrogen-bond acceptors (Lipinski definition) is 5. The molecule has 0 spiro atoms. The van der Waals surface area contributed by atoms with E-state index in [4.69, 9.17) is 16.3 Å². The van der Waals surface area contributed by atoms with E-state index in [0.29, 0.717) is 17.2 Å². The first-order valence-corrected chi connectivity index (χ1v) is 9.26. The van der Waals surface area contributed by atoms with E-state index in [1.165, 1.54) is 12.1 Å². The minimum absolute atomic E-state index is 0.146. The molecule has 130 valence electrons. The van der Waals surface area contributed by atoms with Crippen LogP contribution in [0.4, 0.5) is 11.5 Å². The number of nitrogens with one attached hydrogen (secondary N) is 2. The molecule has 0 unspecified atom stereocenters. The highest BCUT2D eigenvalue weighted by molar-refractivity contribution is 7.92. The Morgan fingerprint density at radius 3 is 2.67 bits per heavy atom. The van der Waals surface area contributed by atoms with Gasteiger partial charge >= 0.3 is 0 Å². The fourth-order valence-electron chi connectivity index (χ4n) is 1.99. The van der Waals surface area contributed by atoms with Crippen LogP contribution in [0.2, 0.25) is 5.02 Å². The van der Waals surface area contributed by atoms with Crippen LogP contribution in [-0.2, 0) is 14.8 Å². The molecule has 0 bridgehead atoms. The van der Waals surface area contributed by atoms with Gasteiger partial charge in [0.1, 0.15) is 5.82 Å². The average Bonchev–Trinajstić information content (AvgIpc) is 2.55. The van der Waals surface area contributed by atoms with Crippen molar-refractivity contribution in [3.05, 3.63) is 47.1 Å². The molecular formula is C16H20ClN3O3S. The zero-order chi connectivity index (χ0) is 17.6. The number of anilines is 2. The Hall–Kier alpha value is -1.83. The molecular weight excluding hydrogens is 350 g/mol. The highest BCUT2D eigenvalue weighted by Gasteiger charge is 2.15. The average molecular weight is 370 g/mol. The molecule has 0 amide bonds. The monoisotopic (exact) mass is 369 g/mol. The van der Waals surface area contributed by atoms with Gasteiger partial charge in [0.15, 0.2) is 0 Å². The molecule has 24 heavy (non-hydrogen) atoms. The Balaban J connectivity index is 2.03. The minimum atomic E-state index is -3.70. The van der Waals surface area contributed by atoms with Crippen LogP contribution >= 0.6 is 11.6 Å². The second-order valence-electron chi connectivity index (χ2n) is 5.22. The number of sulfonamides is 1. The molecule has 0 saturated heterocycles. The van der Waals surface area contributed by atoms with Crippen molar-refractivity contribution in [1.82, 2.24) is 4.98 Å². The van der Waals surface area contributed by atoms with Crippen molar-refractivity contribution in [1.29, 1.82) is 0 Å². The van der Waals surface area contributed by atoms with Crippen molar-refractivity contribution in [2.24, 2.45) is 0 Å². The number of halogens is 1. The number of rotatable bonds is 8. The molecule has 0 atom stereocenters. The normalized spacial score (nSPS) is 11.3. The van der Waals surface area contributed by atoms with Gasteiger partial charge in [0.25, 0.3) is 10.0 Å². The maximum atomic E-state index is 12.4. The summed E-state index contributed by atoms with van der Waals surface area (Å²) in [5.41, 5.74) is 1.51. The van der Waals surface area contributed by atoms with Gasteiger partial charge in [-0.25, -0.2) is 13.4 Å². The van der Waals surface area contributed by atoms with Crippen LogP contribution in [0.5, 0.6) is 0 Å². The predicted octanol–water partition coefficient (Wildman–Crippen LogP) is 3.29. The molecule has 0 radical (unpaired) electrons. The van der Waals surface area contributed by atoms with Crippen LogP contribution in [0.3, 0.4) is 0 Å². The number of ether oxygens (including phenoxy) is 1. The number of benzene rings is 1. The highest BCUT2D eigenvalue weighted by Crippen LogP contribution is 2.21. The fourth-order valence-corrected chi connectivity index (χ4v) is 3.20. The maximum absolute atomic E-state index is 12.4. The van der Waals surface area contributed by atoms with Crippen molar-refractivity contribution in [2.75, 3.05) is 30.3 Å². The number of hydrogen-bond donors (Lipinski definition) is 2. The van der Waals surface area contributed by atoms with Gasteiger partial charge in [-0.1, -0.05) is 11.6 Å². The summed E-state index contributed by atoms with van der Waals surface area (Å²) in [6.45, 7) is 3.19. The zero-order valence-corrected chi connectivity index (χ0v) is 15.1. The lowest BCUT2D eigenvalue weighted by molar-refractivity contribution is 0.198. The summed E-state index contributed by atoms with van der Waals surface area (Å²) in [5, 5.41) is 3.70. The lowest BCUT2D eigenvalue weighted by Gasteiger charge is -2.10. The third kappa shape index (κ3) is 5.09. The Bertz CT molecular complexity index is 780. The van der Waals surface area contributed by atoms with Crippen molar-refractivity contribution >= 4 is 33.1 Å². The molecule has 1 aromatic carbocycles. The molecule has 2 rings (SSSR count). The summed E-state index contributed by atoms with van der Waals surface area (Å²) < 4.78 is 32.2. The van der Waals surface area contributed by atoms with Gasteiger partial charge in [-0.2, -0.15) is 0 Å². The Kier molecular flexibility index (Phi) is 6.42. The standard InChI is InChI=1S/C16H20ClN3O3S/c1-12-10-14(5-6-15(12)17)24(21,22)20-16-7-4-13(11-19-16)18-8-3-9-23-2/h4-7,10-11,18H,3,8-9H2,1-2H3,(H,19,20). The molecule has 6 nitrogen and oxygen atoms in total.